The lowest BCUT2D eigenvalue weighted by atomic mass is 10.1. The van der Waals surface area contributed by atoms with E-state index in [1.165, 1.54) is 24.1 Å². The van der Waals surface area contributed by atoms with E-state index in [1.54, 1.807) is 0 Å². The number of halogens is 1. The molecule has 100 valence electrons. The fourth-order valence-electron chi connectivity index (χ4n) is 2.06. The zero-order valence-corrected chi connectivity index (χ0v) is 13.6. The molecule has 1 aromatic carbocycles. The second-order valence-corrected chi connectivity index (χ2v) is 4.60. The van der Waals surface area contributed by atoms with E-state index in [0.717, 1.165) is 19.6 Å². The van der Waals surface area contributed by atoms with Gasteiger partial charge in [-0.3, -0.25) is 0 Å². The minimum Gasteiger partial charge on any atom is -0.358 e. The van der Waals surface area contributed by atoms with Crippen LogP contribution in [0.3, 0.4) is 0 Å². The smallest absolute Gasteiger partial charge is 0.0941 e. The van der Waals surface area contributed by atoms with Crippen molar-refractivity contribution < 1.29 is 0 Å². The Morgan fingerprint density at radius 1 is 1.06 bits per heavy atom. The van der Waals surface area contributed by atoms with E-state index < -0.39 is 0 Å². The van der Waals surface area contributed by atoms with Crippen molar-refractivity contribution in [1.82, 2.24) is 4.90 Å². The van der Waals surface area contributed by atoms with E-state index >= 15 is 0 Å². The molecule has 3 heteroatoms. The quantitative estimate of drug-likeness (QED) is 0.728. The Hall–Kier alpha value is -0.710. The van der Waals surface area contributed by atoms with E-state index in [2.05, 4.69) is 60.3 Å². The average molecular weight is 358 g/mol. The van der Waals surface area contributed by atoms with Gasteiger partial charge in [-0.2, -0.15) is 0 Å². The van der Waals surface area contributed by atoms with Gasteiger partial charge in [-0.1, -0.05) is 32.4 Å². The summed E-state index contributed by atoms with van der Waals surface area (Å²) in [5.74, 6) is 0. The first-order valence-corrected chi connectivity index (χ1v) is 6.61. The van der Waals surface area contributed by atoms with Crippen molar-refractivity contribution in [3.63, 3.8) is 0 Å². The minimum atomic E-state index is 0. The molecule has 0 atom stereocenters. The van der Waals surface area contributed by atoms with Gasteiger partial charge in [0, 0.05) is 24.6 Å². The summed E-state index contributed by atoms with van der Waals surface area (Å²) < 4.78 is 0. The van der Waals surface area contributed by atoms with Gasteiger partial charge in [0.05, 0.1) is 6.67 Å². The lowest BCUT2D eigenvalue weighted by Gasteiger charge is -2.21. The molecule has 0 spiro atoms. The molecule has 0 unspecified atom stereocenters. The summed E-state index contributed by atoms with van der Waals surface area (Å²) in [4.78, 5) is 4.67. The van der Waals surface area contributed by atoms with Gasteiger partial charge in [0.2, 0.25) is 0 Å². The van der Waals surface area contributed by atoms with Crippen LogP contribution in [0.15, 0.2) is 36.7 Å². The second-order valence-electron chi connectivity index (χ2n) is 4.60. The lowest BCUT2D eigenvalue weighted by molar-refractivity contribution is 0.396. The summed E-state index contributed by atoms with van der Waals surface area (Å²) in [6, 6.07) is 8.87. The van der Waals surface area contributed by atoms with Crippen LogP contribution in [0.5, 0.6) is 0 Å². The maximum absolute atomic E-state index is 2.37. The predicted octanol–water partition coefficient (Wildman–Crippen LogP) is 4.22. The maximum atomic E-state index is 2.37. The molecule has 1 aliphatic rings. The molecule has 1 aliphatic heterocycles. The molecule has 2 rings (SSSR count). The molecule has 0 radical (unpaired) electrons. The summed E-state index contributed by atoms with van der Waals surface area (Å²) in [5, 5.41) is 0. The van der Waals surface area contributed by atoms with Gasteiger partial charge in [-0.05, 0) is 30.5 Å². The molecule has 0 fully saturated rings. The molecule has 0 amide bonds. The van der Waals surface area contributed by atoms with E-state index in [-0.39, 0.29) is 24.0 Å². The number of benzene rings is 1. The van der Waals surface area contributed by atoms with E-state index in [1.807, 2.05) is 0 Å². The molecule has 18 heavy (non-hydrogen) atoms. The van der Waals surface area contributed by atoms with Crippen molar-refractivity contribution in [2.45, 2.75) is 33.1 Å². The Labute approximate surface area is 128 Å². The van der Waals surface area contributed by atoms with E-state index in [0.29, 0.717) is 0 Å². The first-order chi connectivity index (χ1) is 8.33. The van der Waals surface area contributed by atoms with Crippen LogP contribution >= 0.6 is 24.0 Å². The molecule has 2 nitrogen and oxygen atoms in total. The van der Waals surface area contributed by atoms with Crippen LogP contribution < -0.4 is 4.90 Å². The van der Waals surface area contributed by atoms with Crippen molar-refractivity contribution in [2.75, 3.05) is 18.1 Å². The Morgan fingerprint density at radius 2 is 1.78 bits per heavy atom. The first-order valence-electron chi connectivity index (χ1n) is 6.61. The number of unbranched alkanes of at least 4 members (excludes halogenated alkanes) is 1. The van der Waals surface area contributed by atoms with E-state index in [9.17, 15) is 0 Å². The second kappa shape index (κ2) is 7.67. The third-order valence-electron chi connectivity index (χ3n) is 3.27. The van der Waals surface area contributed by atoms with Gasteiger partial charge in [-0.15, -0.1) is 24.0 Å². The Balaban J connectivity index is 0.00000162. The summed E-state index contributed by atoms with van der Waals surface area (Å²) in [7, 11) is 0. The topological polar surface area (TPSA) is 6.48 Å². The number of rotatable bonds is 5. The molecule has 1 heterocycles. The molecule has 1 aromatic rings. The van der Waals surface area contributed by atoms with Crippen LogP contribution in [-0.2, 0) is 6.42 Å². The van der Waals surface area contributed by atoms with Gasteiger partial charge in [-0.25, -0.2) is 0 Å². The predicted molar refractivity (Wildman–Crippen MR) is 89.3 cm³/mol. The van der Waals surface area contributed by atoms with Gasteiger partial charge in [0.25, 0.3) is 0 Å². The molecule has 0 bridgehead atoms. The molecule has 0 aromatic heterocycles. The summed E-state index contributed by atoms with van der Waals surface area (Å²) in [6.07, 6.45) is 8.02. The highest BCUT2D eigenvalue weighted by Crippen LogP contribution is 2.20. The maximum Gasteiger partial charge on any atom is 0.0941 e. The highest BCUT2D eigenvalue weighted by Gasteiger charge is 2.12. The van der Waals surface area contributed by atoms with Crippen LogP contribution in [0.2, 0.25) is 0 Å². The van der Waals surface area contributed by atoms with Crippen molar-refractivity contribution in [2.24, 2.45) is 0 Å². The van der Waals surface area contributed by atoms with Crippen molar-refractivity contribution in [3.8, 4) is 0 Å². The first kappa shape index (κ1) is 15.3. The van der Waals surface area contributed by atoms with Gasteiger partial charge < -0.3 is 9.80 Å². The van der Waals surface area contributed by atoms with Crippen LogP contribution in [0.4, 0.5) is 5.69 Å². The van der Waals surface area contributed by atoms with Crippen LogP contribution in [-0.4, -0.2) is 18.1 Å². The zero-order valence-electron chi connectivity index (χ0n) is 11.3. The fraction of sp³-hybridized carbons (Fsp3) is 0.467. The van der Waals surface area contributed by atoms with Gasteiger partial charge >= 0.3 is 0 Å². The standard InChI is InChI=1S/C15H22N2.HI/c1-3-5-10-16-11-12-17(13-16)15-8-6-14(4-2)7-9-15;/h6-9,11-12H,3-5,10,13H2,1-2H3;1H. The minimum absolute atomic E-state index is 0. The monoisotopic (exact) mass is 358 g/mol. The Bertz CT molecular complexity index is 373. The third-order valence-corrected chi connectivity index (χ3v) is 3.27. The number of aryl methyl sites for hydroxylation is 1. The van der Waals surface area contributed by atoms with Crippen molar-refractivity contribution in [1.29, 1.82) is 0 Å². The molecular formula is C15H23IN2. The number of anilines is 1. The summed E-state index contributed by atoms with van der Waals surface area (Å²) in [5.41, 5.74) is 2.69. The Kier molecular flexibility index (Phi) is 6.54. The van der Waals surface area contributed by atoms with E-state index in [4.69, 9.17) is 0 Å². The lowest BCUT2D eigenvalue weighted by Crippen LogP contribution is -2.25. The van der Waals surface area contributed by atoms with Crippen LogP contribution in [0.25, 0.3) is 0 Å². The highest BCUT2D eigenvalue weighted by molar-refractivity contribution is 14.0. The van der Waals surface area contributed by atoms with Gasteiger partial charge in [0.1, 0.15) is 0 Å². The van der Waals surface area contributed by atoms with Gasteiger partial charge in [0.15, 0.2) is 0 Å². The van der Waals surface area contributed by atoms with Crippen LogP contribution in [0, 0.1) is 0 Å². The Morgan fingerprint density at radius 3 is 2.39 bits per heavy atom. The molecular weight excluding hydrogens is 335 g/mol. The van der Waals surface area contributed by atoms with Crippen molar-refractivity contribution in [3.05, 3.63) is 42.2 Å². The SMILES string of the molecule is CCCCN1C=CN(c2ccc(CC)cc2)C1.I. The molecule has 0 aliphatic carbocycles. The zero-order chi connectivity index (χ0) is 12.1. The third kappa shape index (κ3) is 3.90. The highest BCUT2D eigenvalue weighted by atomic mass is 127. The van der Waals surface area contributed by atoms with Crippen molar-refractivity contribution >= 4 is 29.7 Å². The number of nitrogens with zero attached hydrogens (tertiary/aromatic N) is 2. The largest absolute Gasteiger partial charge is 0.358 e. The van der Waals surface area contributed by atoms with Crippen LogP contribution in [0.1, 0.15) is 32.3 Å². The average Bonchev–Trinajstić information content (AvgIpc) is 2.85. The normalized spacial score (nSPS) is 13.9. The number of hydrogen-bond acceptors (Lipinski definition) is 2. The molecule has 0 saturated heterocycles. The summed E-state index contributed by atoms with van der Waals surface area (Å²) >= 11 is 0. The molecule has 0 N–H and O–H groups in total. The molecule has 0 saturated carbocycles. The summed E-state index contributed by atoms with van der Waals surface area (Å²) in [6.45, 7) is 6.58. The fourth-order valence-corrected chi connectivity index (χ4v) is 2.06. The number of hydrogen-bond donors (Lipinski definition) is 0.